The lowest BCUT2D eigenvalue weighted by molar-refractivity contribution is -0.0470. The van der Waals surface area contributed by atoms with Gasteiger partial charge in [-0.25, -0.2) is 4.39 Å². The van der Waals surface area contributed by atoms with Gasteiger partial charge in [-0.2, -0.15) is 4.39 Å². The molecule has 3 aromatic carbocycles. The van der Waals surface area contributed by atoms with Crippen LogP contribution in [0, 0.1) is 23.5 Å². The summed E-state index contributed by atoms with van der Waals surface area (Å²) in [4.78, 5) is 0. The highest BCUT2D eigenvalue weighted by Gasteiger charge is 2.31. The molecule has 4 heteroatoms. The first-order valence-corrected chi connectivity index (χ1v) is 14.6. The number of rotatable bonds is 8. The minimum atomic E-state index is -0.932. The van der Waals surface area contributed by atoms with Gasteiger partial charge < -0.3 is 9.47 Å². The molecular weight excluding hydrogens is 490 g/mol. The lowest BCUT2D eigenvalue weighted by Crippen LogP contribution is -2.33. The van der Waals surface area contributed by atoms with Gasteiger partial charge in [-0.05, 0) is 98.1 Å². The van der Waals surface area contributed by atoms with Crippen molar-refractivity contribution in [2.45, 2.75) is 70.8 Å². The molecule has 1 aliphatic heterocycles. The Morgan fingerprint density at radius 2 is 1.46 bits per heavy atom. The first-order valence-electron chi connectivity index (χ1n) is 14.6. The zero-order chi connectivity index (χ0) is 27.2. The number of hydrogen-bond donors (Lipinski definition) is 0. The first kappa shape index (κ1) is 27.6. The van der Waals surface area contributed by atoms with Crippen molar-refractivity contribution in [1.29, 1.82) is 0 Å². The Bertz CT molecular complexity index is 1230. The van der Waals surface area contributed by atoms with E-state index in [1.165, 1.54) is 50.2 Å². The second-order valence-electron chi connectivity index (χ2n) is 11.1. The van der Waals surface area contributed by atoms with E-state index < -0.39 is 11.6 Å². The van der Waals surface area contributed by atoms with Gasteiger partial charge in [-0.15, -0.1) is 0 Å². The largest absolute Gasteiger partial charge is 0.490 e. The van der Waals surface area contributed by atoms with E-state index in [-0.39, 0.29) is 11.3 Å². The van der Waals surface area contributed by atoms with Crippen LogP contribution < -0.4 is 4.74 Å². The highest BCUT2D eigenvalue weighted by Crippen LogP contribution is 2.40. The van der Waals surface area contributed by atoms with E-state index in [0.29, 0.717) is 36.0 Å². The van der Waals surface area contributed by atoms with Crippen molar-refractivity contribution >= 4 is 0 Å². The third-order valence-electron chi connectivity index (χ3n) is 8.53. The number of halogens is 2. The summed E-state index contributed by atoms with van der Waals surface area (Å²) < 4.78 is 40.8. The summed E-state index contributed by atoms with van der Waals surface area (Å²) in [6, 6.07) is 19.6. The van der Waals surface area contributed by atoms with E-state index in [4.69, 9.17) is 9.47 Å². The van der Waals surface area contributed by atoms with Crippen molar-refractivity contribution in [1.82, 2.24) is 0 Å². The molecule has 0 spiro atoms. The lowest BCUT2D eigenvalue weighted by atomic mass is 9.75. The maximum atomic E-state index is 14.7. The molecule has 5 rings (SSSR count). The molecule has 0 radical (unpaired) electrons. The molecule has 206 valence electrons. The molecule has 2 fully saturated rings. The van der Waals surface area contributed by atoms with Crippen molar-refractivity contribution < 1.29 is 18.3 Å². The second-order valence-corrected chi connectivity index (χ2v) is 11.1. The summed E-state index contributed by atoms with van der Waals surface area (Å²) in [5.41, 5.74) is 4.48. The van der Waals surface area contributed by atoms with Crippen molar-refractivity contribution in [2.24, 2.45) is 11.8 Å². The van der Waals surface area contributed by atoms with E-state index in [9.17, 15) is 8.78 Å². The third-order valence-corrected chi connectivity index (χ3v) is 8.53. The van der Waals surface area contributed by atoms with Crippen LogP contribution in [0.3, 0.4) is 0 Å². The molecule has 2 unspecified atom stereocenters. The van der Waals surface area contributed by atoms with Gasteiger partial charge in [0.1, 0.15) is 0 Å². The van der Waals surface area contributed by atoms with Crippen LogP contribution in [0.5, 0.6) is 5.75 Å². The summed E-state index contributed by atoms with van der Waals surface area (Å²) in [5.74, 6) is 0.0627. The molecule has 0 aromatic heterocycles. The predicted molar refractivity (Wildman–Crippen MR) is 155 cm³/mol. The van der Waals surface area contributed by atoms with Gasteiger partial charge in [0.05, 0.1) is 19.3 Å². The topological polar surface area (TPSA) is 18.5 Å². The molecule has 2 atom stereocenters. The number of benzene rings is 3. The molecule has 1 aliphatic carbocycles. The Balaban J connectivity index is 1.18. The Morgan fingerprint density at radius 1 is 0.795 bits per heavy atom. The summed E-state index contributed by atoms with van der Waals surface area (Å²) in [7, 11) is 0. The summed E-state index contributed by atoms with van der Waals surface area (Å²) in [6.07, 6.45) is 13.0. The summed E-state index contributed by atoms with van der Waals surface area (Å²) in [6.45, 7) is 5.25. The molecule has 1 heterocycles. The van der Waals surface area contributed by atoms with E-state index >= 15 is 0 Å². The van der Waals surface area contributed by atoms with Gasteiger partial charge in [-0.1, -0.05) is 67.6 Å². The molecule has 39 heavy (non-hydrogen) atoms. The highest BCUT2D eigenvalue weighted by molar-refractivity contribution is 5.71. The fraction of sp³-hybridized carbons (Fsp3) is 0.429. The van der Waals surface area contributed by atoms with Crippen molar-refractivity contribution in [3.63, 3.8) is 0 Å². The van der Waals surface area contributed by atoms with Crippen LogP contribution in [-0.2, 0) is 4.74 Å². The maximum Gasteiger partial charge on any atom is 0.201 e. The van der Waals surface area contributed by atoms with Crippen molar-refractivity contribution in [3.8, 4) is 28.0 Å². The Kier molecular flexibility index (Phi) is 9.13. The fourth-order valence-corrected chi connectivity index (χ4v) is 6.28. The standard InChI is InChI=1S/C35H40F2O2/c1-3-5-24-6-20-32(39-23-24)30-17-13-28(14-18-30)26-9-7-25(8-10-26)27-11-15-29(16-12-27)31-19-21-33(38-22-4-2)35(37)34(31)36/h3,5,7-12,15-16,19,21,24,28,30,32H,4,6,13-14,17-18,20,22-23H2,1-2H3. The molecule has 3 aromatic rings. The van der Waals surface area contributed by atoms with Crippen LogP contribution in [-0.4, -0.2) is 19.3 Å². The molecule has 1 saturated carbocycles. The monoisotopic (exact) mass is 530 g/mol. The number of hydrogen-bond acceptors (Lipinski definition) is 2. The van der Waals surface area contributed by atoms with Crippen molar-refractivity contribution in [2.75, 3.05) is 13.2 Å². The molecule has 0 N–H and O–H groups in total. The van der Waals surface area contributed by atoms with Gasteiger partial charge >= 0.3 is 0 Å². The number of allylic oxidation sites excluding steroid dienone is 1. The van der Waals surface area contributed by atoms with Crippen molar-refractivity contribution in [3.05, 3.63) is 90.0 Å². The Hall–Kier alpha value is -2.98. The Morgan fingerprint density at radius 3 is 2.08 bits per heavy atom. The van der Waals surface area contributed by atoms with E-state index in [0.717, 1.165) is 24.2 Å². The predicted octanol–water partition coefficient (Wildman–Crippen LogP) is 9.73. The lowest BCUT2D eigenvalue weighted by Gasteiger charge is -2.37. The van der Waals surface area contributed by atoms with Gasteiger partial charge in [-0.3, -0.25) is 0 Å². The first-order chi connectivity index (χ1) is 19.1. The Labute approximate surface area is 232 Å². The zero-order valence-corrected chi connectivity index (χ0v) is 23.2. The van der Waals surface area contributed by atoms with Gasteiger partial charge in [0, 0.05) is 11.5 Å². The average molecular weight is 531 g/mol. The van der Waals surface area contributed by atoms with Crippen LogP contribution in [0.1, 0.15) is 70.3 Å². The highest BCUT2D eigenvalue weighted by atomic mass is 19.2. The molecular formula is C35H40F2O2. The van der Waals surface area contributed by atoms with E-state index in [1.807, 2.05) is 31.2 Å². The second kappa shape index (κ2) is 12.9. The van der Waals surface area contributed by atoms with Crippen LogP contribution in [0.4, 0.5) is 8.78 Å². The molecule has 0 bridgehead atoms. The van der Waals surface area contributed by atoms with E-state index in [1.54, 1.807) is 6.07 Å². The van der Waals surface area contributed by atoms with Gasteiger partial charge in [0.15, 0.2) is 11.6 Å². The summed E-state index contributed by atoms with van der Waals surface area (Å²) >= 11 is 0. The average Bonchev–Trinajstić information content (AvgIpc) is 2.99. The van der Waals surface area contributed by atoms with Gasteiger partial charge in [0.2, 0.25) is 5.82 Å². The van der Waals surface area contributed by atoms with E-state index in [2.05, 4.69) is 43.3 Å². The number of ether oxygens (including phenoxy) is 2. The van der Waals surface area contributed by atoms with Crippen LogP contribution in [0.15, 0.2) is 72.8 Å². The SMILES string of the molecule is CC=CC1CCC(C2CCC(c3ccc(-c4ccc(-c5ccc(OCCC)c(F)c5F)cc4)cc3)CC2)OC1. The molecule has 1 saturated heterocycles. The normalized spacial score (nSPS) is 23.7. The maximum absolute atomic E-state index is 14.7. The molecule has 2 nitrogen and oxygen atoms in total. The van der Waals surface area contributed by atoms with Crippen LogP contribution in [0.25, 0.3) is 22.3 Å². The zero-order valence-electron chi connectivity index (χ0n) is 23.2. The quantitative estimate of drug-likeness (QED) is 0.270. The molecule has 0 amide bonds. The minimum absolute atomic E-state index is 0.0381. The fourth-order valence-electron chi connectivity index (χ4n) is 6.28. The summed E-state index contributed by atoms with van der Waals surface area (Å²) in [5, 5.41) is 0. The smallest absolute Gasteiger partial charge is 0.201 e. The third kappa shape index (κ3) is 6.44. The van der Waals surface area contributed by atoms with Crippen LogP contribution in [0.2, 0.25) is 0 Å². The molecule has 2 aliphatic rings. The minimum Gasteiger partial charge on any atom is -0.490 e. The van der Waals surface area contributed by atoms with Crippen LogP contribution >= 0.6 is 0 Å². The van der Waals surface area contributed by atoms with Gasteiger partial charge in [0.25, 0.3) is 0 Å².